The van der Waals surface area contributed by atoms with E-state index in [1.165, 1.54) is 24.3 Å². The third-order valence-electron chi connectivity index (χ3n) is 4.49. The van der Waals surface area contributed by atoms with E-state index in [9.17, 15) is 9.18 Å². The van der Waals surface area contributed by atoms with Crippen molar-refractivity contribution < 1.29 is 13.9 Å². The number of hydrogen-bond acceptors (Lipinski definition) is 4. The predicted octanol–water partition coefficient (Wildman–Crippen LogP) is 2.38. The van der Waals surface area contributed by atoms with Crippen molar-refractivity contribution in [2.75, 3.05) is 26.2 Å². The van der Waals surface area contributed by atoms with E-state index in [-0.39, 0.29) is 11.6 Å². The van der Waals surface area contributed by atoms with Crippen molar-refractivity contribution >= 4 is 5.78 Å². The summed E-state index contributed by atoms with van der Waals surface area (Å²) >= 11 is 0. The van der Waals surface area contributed by atoms with E-state index in [4.69, 9.17) is 4.74 Å². The molecular formula is C18H22FN3O2. The van der Waals surface area contributed by atoms with Crippen LogP contribution in [0, 0.1) is 5.82 Å². The van der Waals surface area contributed by atoms with Crippen LogP contribution in [0.5, 0.6) is 0 Å². The summed E-state index contributed by atoms with van der Waals surface area (Å²) in [4.78, 5) is 14.5. The van der Waals surface area contributed by atoms with Gasteiger partial charge >= 0.3 is 0 Å². The number of halogens is 1. The molecule has 1 aliphatic heterocycles. The summed E-state index contributed by atoms with van der Waals surface area (Å²) in [5, 5.41) is 4.22. The number of ether oxygens (including phenoxy) is 1. The van der Waals surface area contributed by atoms with Crippen LogP contribution in [0.2, 0.25) is 0 Å². The average molecular weight is 331 g/mol. The van der Waals surface area contributed by atoms with Crippen molar-refractivity contribution in [1.29, 1.82) is 0 Å². The van der Waals surface area contributed by atoms with Gasteiger partial charge in [-0.1, -0.05) is 0 Å². The molecule has 0 N–H and O–H groups in total. The molecule has 1 atom stereocenters. The number of ketones is 1. The third kappa shape index (κ3) is 3.71. The minimum atomic E-state index is -0.411. The minimum absolute atomic E-state index is 0.0320. The number of carbonyl (C=O) groups excluding carboxylic acids is 1. The lowest BCUT2D eigenvalue weighted by Gasteiger charge is -2.40. The van der Waals surface area contributed by atoms with Gasteiger partial charge in [-0.3, -0.25) is 14.4 Å². The maximum atomic E-state index is 12.9. The molecule has 2 heterocycles. The zero-order chi connectivity index (χ0) is 17.2. The highest BCUT2D eigenvalue weighted by Crippen LogP contribution is 2.29. The van der Waals surface area contributed by atoms with Crippen LogP contribution in [0.4, 0.5) is 4.39 Å². The molecule has 0 radical (unpaired) electrons. The van der Waals surface area contributed by atoms with Gasteiger partial charge < -0.3 is 4.74 Å². The molecule has 0 spiro atoms. The van der Waals surface area contributed by atoms with E-state index in [0.29, 0.717) is 25.1 Å². The van der Waals surface area contributed by atoms with Gasteiger partial charge in [0, 0.05) is 50.4 Å². The summed E-state index contributed by atoms with van der Waals surface area (Å²) in [6, 6.07) is 5.72. The van der Waals surface area contributed by atoms with Gasteiger partial charge in [0.05, 0.1) is 12.8 Å². The molecule has 5 nitrogen and oxygen atoms in total. The third-order valence-corrected chi connectivity index (χ3v) is 4.49. The first kappa shape index (κ1) is 16.8. The highest BCUT2D eigenvalue weighted by molar-refractivity contribution is 5.96. The average Bonchev–Trinajstić information content (AvgIpc) is 3.01. The van der Waals surface area contributed by atoms with Crippen LogP contribution in [-0.2, 0) is 17.4 Å². The number of aromatic nitrogens is 2. The molecule has 1 aromatic carbocycles. The molecule has 1 aliphatic rings. The molecule has 24 heavy (non-hydrogen) atoms. The normalized spacial score (nSPS) is 21.8. The number of rotatable bonds is 5. The lowest BCUT2D eigenvalue weighted by molar-refractivity contribution is -0.102. The number of carbonyl (C=O) groups is 1. The Morgan fingerprint density at radius 1 is 1.38 bits per heavy atom. The fourth-order valence-electron chi connectivity index (χ4n) is 3.05. The molecule has 0 aliphatic carbocycles. The van der Waals surface area contributed by atoms with E-state index in [2.05, 4.69) is 16.9 Å². The Morgan fingerprint density at radius 2 is 2.12 bits per heavy atom. The molecular weight excluding hydrogens is 309 g/mol. The van der Waals surface area contributed by atoms with Crippen LogP contribution in [0.25, 0.3) is 0 Å². The Bertz CT molecular complexity index is 713. The first-order chi connectivity index (χ1) is 11.5. The number of Topliss-reactive ketones (excluding diaryl/α,β-unsaturated/α-hetero) is 1. The number of hydrogen-bond donors (Lipinski definition) is 0. The summed E-state index contributed by atoms with van der Waals surface area (Å²) in [5.74, 6) is -0.295. The van der Waals surface area contributed by atoms with E-state index in [1.54, 1.807) is 4.68 Å². The van der Waals surface area contributed by atoms with Crippen LogP contribution in [0.3, 0.4) is 0 Å². The highest BCUT2D eigenvalue weighted by atomic mass is 19.1. The van der Waals surface area contributed by atoms with E-state index >= 15 is 0 Å². The molecule has 3 rings (SSSR count). The Hall–Kier alpha value is -2.05. The fraction of sp³-hybridized carbons (Fsp3) is 0.444. The molecule has 1 fully saturated rings. The second-order valence-electron chi connectivity index (χ2n) is 6.44. The molecule has 0 unspecified atom stereocenters. The van der Waals surface area contributed by atoms with Crippen LogP contribution >= 0.6 is 0 Å². The lowest BCUT2D eigenvalue weighted by Crippen LogP contribution is -2.48. The van der Waals surface area contributed by atoms with Crippen molar-refractivity contribution in [3.63, 3.8) is 0 Å². The molecule has 2 aromatic rings. The van der Waals surface area contributed by atoms with Gasteiger partial charge in [0.2, 0.25) is 0 Å². The van der Waals surface area contributed by atoms with Crippen molar-refractivity contribution in [3.8, 4) is 0 Å². The van der Waals surface area contributed by atoms with Gasteiger partial charge in [0.25, 0.3) is 0 Å². The first-order valence-electron chi connectivity index (χ1n) is 8.10. The molecule has 0 saturated carbocycles. The molecule has 6 heteroatoms. The molecule has 1 aromatic heterocycles. The summed E-state index contributed by atoms with van der Waals surface area (Å²) < 4.78 is 20.7. The minimum Gasteiger partial charge on any atom is -0.368 e. The quantitative estimate of drug-likeness (QED) is 0.789. The largest absolute Gasteiger partial charge is 0.368 e. The second-order valence-corrected chi connectivity index (χ2v) is 6.44. The number of nitrogens with zero attached hydrogens (tertiary/aromatic N) is 3. The van der Waals surface area contributed by atoms with Crippen LogP contribution in [0.1, 0.15) is 29.3 Å². The van der Waals surface area contributed by atoms with Gasteiger partial charge in [-0.05, 0) is 31.2 Å². The highest BCUT2D eigenvalue weighted by Gasteiger charge is 2.34. The fourth-order valence-corrected chi connectivity index (χ4v) is 3.05. The summed E-state index contributed by atoms with van der Waals surface area (Å²) in [5.41, 5.74) is 1.19. The maximum Gasteiger partial charge on any atom is 0.164 e. The number of benzene rings is 1. The van der Waals surface area contributed by atoms with Crippen molar-refractivity contribution in [2.45, 2.75) is 18.9 Å². The Morgan fingerprint density at radius 3 is 2.79 bits per heavy atom. The lowest BCUT2D eigenvalue weighted by atomic mass is 9.96. The topological polar surface area (TPSA) is 47.4 Å². The molecule has 0 bridgehead atoms. The van der Waals surface area contributed by atoms with Crippen molar-refractivity contribution in [3.05, 3.63) is 53.6 Å². The molecule has 128 valence electrons. The predicted molar refractivity (Wildman–Crippen MR) is 88.3 cm³/mol. The van der Waals surface area contributed by atoms with Crippen LogP contribution in [0.15, 0.2) is 36.7 Å². The maximum absolute atomic E-state index is 12.9. The van der Waals surface area contributed by atoms with E-state index in [0.717, 1.165) is 18.7 Å². The monoisotopic (exact) mass is 331 g/mol. The zero-order valence-electron chi connectivity index (χ0n) is 14.0. The van der Waals surface area contributed by atoms with Crippen molar-refractivity contribution in [2.24, 2.45) is 7.05 Å². The Balaban J connectivity index is 1.59. The standard InChI is InChI=1S/C18H22FN3O2/c1-18(15-11-20-21(2)12-15)13-22(9-10-24-18)8-7-17(23)14-3-5-16(19)6-4-14/h3-6,11-12H,7-10,13H2,1-2H3/t18-/m0/s1. The molecule has 0 amide bonds. The SMILES string of the molecule is Cn1cc([C@]2(C)CN(CCC(=O)c3ccc(F)cc3)CCO2)cn1. The van der Waals surface area contributed by atoms with Gasteiger partial charge in [-0.25, -0.2) is 4.39 Å². The van der Waals surface area contributed by atoms with Crippen LogP contribution in [-0.4, -0.2) is 46.7 Å². The summed E-state index contributed by atoms with van der Waals surface area (Å²) in [6.07, 6.45) is 4.20. The second kappa shape index (κ2) is 6.83. The molecule has 1 saturated heterocycles. The smallest absolute Gasteiger partial charge is 0.164 e. The number of aryl methyl sites for hydroxylation is 1. The Labute approximate surface area is 141 Å². The Kier molecular flexibility index (Phi) is 4.78. The van der Waals surface area contributed by atoms with Crippen LogP contribution < -0.4 is 0 Å². The first-order valence-corrected chi connectivity index (χ1v) is 8.10. The van der Waals surface area contributed by atoms with E-state index < -0.39 is 5.60 Å². The summed E-state index contributed by atoms with van der Waals surface area (Å²) in [6.45, 7) is 4.85. The summed E-state index contributed by atoms with van der Waals surface area (Å²) in [7, 11) is 1.88. The van der Waals surface area contributed by atoms with Crippen molar-refractivity contribution in [1.82, 2.24) is 14.7 Å². The zero-order valence-corrected chi connectivity index (χ0v) is 14.0. The van der Waals surface area contributed by atoms with Gasteiger partial charge in [-0.2, -0.15) is 5.10 Å². The van der Waals surface area contributed by atoms with Gasteiger partial charge in [-0.15, -0.1) is 0 Å². The van der Waals surface area contributed by atoms with Gasteiger partial charge in [0.15, 0.2) is 5.78 Å². The van der Waals surface area contributed by atoms with E-state index in [1.807, 2.05) is 19.4 Å². The number of morpholine rings is 1. The van der Waals surface area contributed by atoms with Gasteiger partial charge in [0.1, 0.15) is 11.4 Å².